The second-order valence-corrected chi connectivity index (χ2v) is 5.69. The van der Waals surface area contributed by atoms with Crippen LogP contribution in [0.5, 0.6) is 17.2 Å². The molecule has 0 radical (unpaired) electrons. The first kappa shape index (κ1) is 19.6. The maximum Gasteiger partial charge on any atom is 0.240 e. The molecule has 7 heteroatoms. The first-order chi connectivity index (χ1) is 11.3. The molecule has 0 heterocycles. The average Bonchev–Trinajstić information content (AvgIpc) is 2.55. The summed E-state index contributed by atoms with van der Waals surface area (Å²) >= 11 is 0. The lowest BCUT2D eigenvalue weighted by Gasteiger charge is -2.23. The highest BCUT2D eigenvalue weighted by Crippen LogP contribution is 2.41. The second-order valence-electron chi connectivity index (χ2n) is 5.69. The molecule has 7 nitrogen and oxygen atoms in total. The van der Waals surface area contributed by atoms with E-state index in [2.05, 4.69) is 5.32 Å². The van der Waals surface area contributed by atoms with Crippen molar-refractivity contribution < 1.29 is 23.8 Å². The first-order valence-corrected chi connectivity index (χ1v) is 7.68. The summed E-state index contributed by atoms with van der Waals surface area (Å²) in [5.41, 5.74) is 0.497. The number of ether oxygens (including phenoxy) is 3. The van der Waals surface area contributed by atoms with Gasteiger partial charge in [-0.1, -0.05) is 13.8 Å². The number of benzene rings is 1. The predicted molar refractivity (Wildman–Crippen MR) is 92.0 cm³/mol. The Balaban J connectivity index is 3.12. The molecule has 0 aliphatic rings. The fraction of sp³-hybridized carbons (Fsp3) is 0.529. The van der Waals surface area contributed by atoms with Crippen molar-refractivity contribution in [3.05, 3.63) is 12.1 Å². The maximum atomic E-state index is 12.1. The summed E-state index contributed by atoms with van der Waals surface area (Å²) in [7, 11) is 4.49. The molecule has 0 bridgehead atoms. The SMILES string of the molecule is COc1cc(N(CC(=O)NCC(C)C)C(C)=O)cc(OC)c1OC. The maximum absolute atomic E-state index is 12.1. The van der Waals surface area contributed by atoms with Crippen LogP contribution in [0.3, 0.4) is 0 Å². The Morgan fingerprint density at radius 2 is 1.62 bits per heavy atom. The molecule has 0 fully saturated rings. The van der Waals surface area contributed by atoms with E-state index < -0.39 is 0 Å². The van der Waals surface area contributed by atoms with Gasteiger partial charge in [0, 0.05) is 25.6 Å². The third kappa shape index (κ3) is 5.04. The molecule has 134 valence electrons. The number of methoxy groups -OCH3 is 3. The van der Waals surface area contributed by atoms with Crippen LogP contribution in [-0.4, -0.2) is 46.2 Å². The number of carbonyl (C=O) groups excluding carboxylic acids is 2. The van der Waals surface area contributed by atoms with Crippen molar-refractivity contribution in [2.24, 2.45) is 5.92 Å². The Hall–Kier alpha value is -2.44. The van der Waals surface area contributed by atoms with Crippen LogP contribution in [0, 0.1) is 5.92 Å². The van der Waals surface area contributed by atoms with E-state index in [1.54, 1.807) is 12.1 Å². The average molecular weight is 338 g/mol. The number of carbonyl (C=O) groups is 2. The summed E-state index contributed by atoms with van der Waals surface area (Å²) in [5, 5.41) is 2.80. The van der Waals surface area contributed by atoms with Gasteiger partial charge in [-0.3, -0.25) is 9.59 Å². The highest BCUT2D eigenvalue weighted by atomic mass is 16.5. The van der Waals surface area contributed by atoms with Gasteiger partial charge in [0.05, 0.1) is 27.0 Å². The van der Waals surface area contributed by atoms with Crippen LogP contribution in [0.4, 0.5) is 5.69 Å². The molecule has 1 N–H and O–H groups in total. The molecule has 24 heavy (non-hydrogen) atoms. The van der Waals surface area contributed by atoms with Crippen LogP contribution in [0.2, 0.25) is 0 Å². The summed E-state index contributed by atoms with van der Waals surface area (Å²) in [6.07, 6.45) is 0. The van der Waals surface area contributed by atoms with Gasteiger partial charge < -0.3 is 24.4 Å². The minimum absolute atomic E-state index is 0.0826. The summed E-state index contributed by atoms with van der Waals surface area (Å²) in [5.74, 6) is 1.11. The lowest BCUT2D eigenvalue weighted by Crippen LogP contribution is -2.40. The molecule has 0 atom stereocenters. The molecular formula is C17H26N2O5. The minimum atomic E-state index is -0.260. The van der Waals surface area contributed by atoms with Crippen molar-refractivity contribution in [1.82, 2.24) is 5.32 Å². The molecule has 0 saturated heterocycles. The van der Waals surface area contributed by atoms with Gasteiger partial charge >= 0.3 is 0 Å². The van der Waals surface area contributed by atoms with E-state index in [1.165, 1.54) is 33.2 Å². The molecule has 0 aliphatic heterocycles. The Bertz CT molecular complexity index is 561. The van der Waals surface area contributed by atoms with Gasteiger partial charge in [0.25, 0.3) is 0 Å². The molecule has 0 aliphatic carbocycles. The zero-order valence-electron chi connectivity index (χ0n) is 15.1. The van der Waals surface area contributed by atoms with Crippen LogP contribution in [0.1, 0.15) is 20.8 Å². The number of anilines is 1. The summed E-state index contributed by atoms with van der Waals surface area (Å²) in [6, 6.07) is 3.27. The van der Waals surface area contributed by atoms with Gasteiger partial charge in [0.1, 0.15) is 6.54 Å². The zero-order valence-corrected chi connectivity index (χ0v) is 15.1. The summed E-state index contributed by atoms with van der Waals surface area (Å²) in [4.78, 5) is 25.4. The van der Waals surface area contributed by atoms with E-state index in [9.17, 15) is 9.59 Å². The zero-order chi connectivity index (χ0) is 18.3. The van der Waals surface area contributed by atoms with E-state index in [-0.39, 0.29) is 18.4 Å². The predicted octanol–water partition coefficient (Wildman–Crippen LogP) is 1.84. The molecule has 0 spiro atoms. The van der Waals surface area contributed by atoms with Crippen molar-refractivity contribution in [2.75, 3.05) is 39.3 Å². The first-order valence-electron chi connectivity index (χ1n) is 7.68. The molecule has 0 unspecified atom stereocenters. The fourth-order valence-electron chi connectivity index (χ4n) is 2.12. The molecule has 1 aromatic carbocycles. The van der Waals surface area contributed by atoms with Crippen LogP contribution in [-0.2, 0) is 9.59 Å². The standard InChI is InChI=1S/C17H26N2O5/c1-11(2)9-18-16(21)10-19(12(3)20)13-7-14(22-4)17(24-6)15(8-13)23-5/h7-8,11H,9-10H2,1-6H3,(H,18,21). The summed E-state index contributed by atoms with van der Waals surface area (Å²) in [6.45, 7) is 5.88. The normalized spacial score (nSPS) is 10.3. The van der Waals surface area contributed by atoms with E-state index in [4.69, 9.17) is 14.2 Å². The van der Waals surface area contributed by atoms with Crippen LogP contribution in [0.15, 0.2) is 12.1 Å². The van der Waals surface area contributed by atoms with Crippen molar-refractivity contribution >= 4 is 17.5 Å². The number of hydrogen-bond acceptors (Lipinski definition) is 5. The van der Waals surface area contributed by atoms with Crippen molar-refractivity contribution in [1.29, 1.82) is 0 Å². The lowest BCUT2D eigenvalue weighted by molar-refractivity contribution is -0.123. The van der Waals surface area contributed by atoms with E-state index in [0.717, 1.165) is 0 Å². The highest BCUT2D eigenvalue weighted by Gasteiger charge is 2.21. The number of nitrogens with zero attached hydrogens (tertiary/aromatic N) is 1. The van der Waals surface area contributed by atoms with Crippen LogP contribution < -0.4 is 24.4 Å². The van der Waals surface area contributed by atoms with Gasteiger partial charge in [0.2, 0.25) is 17.6 Å². The topological polar surface area (TPSA) is 77.1 Å². The number of rotatable bonds is 8. The third-order valence-corrected chi connectivity index (χ3v) is 3.35. The van der Waals surface area contributed by atoms with Gasteiger partial charge in [0.15, 0.2) is 11.5 Å². The van der Waals surface area contributed by atoms with Crippen LogP contribution >= 0.6 is 0 Å². The fourth-order valence-corrected chi connectivity index (χ4v) is 2.12. The quantitative estimate of drug-likeness (QED) is 0.782. The molecule has 1 rings (SSSR count). The molecular weight excluding hydrogens is 312 g/mol. The summed E-state index contributed by atoms with van der Waals surface area (Å²) < 4.78 is 15.8. The highest BCUT2D eigenvalue weighted by molar-refractivity contribution is 5.98. The lowest BCUT2D eigenvalue weighted by atomic mass is 10.2. The number of nitrogens with one attached hydrogen (secondary N) is 1. The van der Waals surface area contributed by atoms with E-state index in [0.29, 0.717) is 35.4 Å². The van der Waals surface area contributed by atoms with E-state index in [1.807, 2.05) is 13.8 Å². The van der Waals surface area contributed by atoms with Gasteiger partial charge in [-0.25, -0.2) is 0 Å². The van der Waals surface area contributed by atoms with Gasteiger partial charge in [-0.15, -0.1) is 0 Å². The van der Waals surface area contributed by atoms with Crippen molar-refractivity contribution in [3.8, 4) is 17.2 Å². The molecule has 1 aromatic rings. The largest absolute Gasteiger partial charge is 0.493 e. The Morgan fingerprint density at radius 1 is 1.08 bits per heavy atom. The Labute approximate surface area is 142 Å². The number of amides is 2. The monoisotopic (exact) mass is 338 g/mol. The molecule has 0 saturated carbocycles. The minimum Gasteiger partial charge on any atom is -0.493 e. The Kier molecular flexibility index (Phi) is 7.35. The van der Waals surface area contributed by atoms with Crippen LogP contribution in [0.25, 0.3) is 0 Å². The Morgan fingerprint density at radius 3 is 2.00 bits per heavy atom. The van der Waals surface area contributed by atoms with E-state index >= 15 is 0 Å². The number of hydrogen-bond donors (Lipinski definition) is 1. The van der Waals surface area contributed by atoms with Gasteiger partial charge in [-0.05, 0) is 5.92 Å². The van der Waals surface area contributed by atoms with Crippen molar-refractivity contribution in [2.45, 2.75) is 20.8 Å². The third-order valence-electron chi connectivity index (χ3n) is 3.35. The molecule has 2 amide bonds. The smallest absolute Gasteiger partial charge is 0.240 e. The van der Waals surface area contributed by atoms with Gasteiger partial charge in [-0.2, -0.15) is 0 Å². The van der Waals surface area contributed by atoms with Crippen molar-refractivity contribution in [3.63, 3.8) is 0 Å². The second kappa shape index (κ2) is 9.00. The molecule has 0 aromatic heterocycles.